The predicted octanol–water partition coefficient (Wildman–Crippen LogP) is 3.87. The van der Waals surface area contributed by atoms with Crippen LogP contribution in [0.15, 0.2) is 41.2 Å². The topological polar surface area (TPSA) is 62.6 Å². The standard InChI is InChI=1S/C18H18Cl2N2O3/c19-14-1-2-16(20)15(9-14)17(23)21-10-12-3-6-22(7-4-12)18(24)13-5-8-25-11-13/h1-2,5,8-9,11-12H,3-4,6-7,10H2,(H,21,23). The van der Waals surface area contributed by atoms with E-state index < -0.39 is 0 Å². The van der Waals surface area contributed by atoms with Crippen molar-refractivity contribution in [1.29, 1.82) is 0 Å². The van der Waals surface area contributed by atoms with Crippen LogP contribution in [0.25, 0.3) is 0 Å². The molecular formula is C18H18Cl2N2O3. The van der Waals surface area contributed by atoms with E-state index in [4.69, 9.17) is 27.6 Å². The van der Waals surface area contributed by atoms with Gasteiger partial charge in [0.25, 0.3) is 11.8 Å². The number of halogens is 2. The van der Waals surface area contributed by atoms with Gasteiger partial charge in [0.1, 0.15) is 6.26 Å². The summed E-state index contributed by atoms with van der Waals surface area (Å²) >= 11 is 12.0. The van der Waals surface area contributed by atoms with Crippen LogP contribution in [-0.4, -0.2) is 36.3 Å². The van der Waals surface area contributed by atoms with Crippen molar-refractivity contribution in [3.8, 4) is 0 Å². The Kier molecular flexibility index (Phi) is 5.66. The lowest BCUT2D eigenvalue weighted by atomic mass is 9.96. The number of amides is 2. The summed E-state index contributed by atoms with van der Waals surface area (Å²) in [5.74, 6) is 0.0849. The molecule has 0 unspecified atom stereocenters. The third-order valence-electron chi connectivity index (χ3n) is 4.39. The molecule has 2 aromatic rings. The molecule has 3 rings (SSSR count). The monoisotopic (exact) mass is 380 g/mol. The van der Waals surface area contributed by atoms with Crippen LogP contribution in [0.2, 0.25) is 10.0 Å². The summed E-state index contributed by atoms with van der Waals surface area (Å²) in [5, 5.41) is 3.76. The Balaban J connectivity index is 1.48. The molecule has 2 amide bonds. The van der Waals surface area contributed by atoms with Gasteiger partial charge in [-0.05, 0) is 43.0 Å². The molecule has 0 bridgehead atoms. The minimum Gasteiger partial charge on any atom is -0.472 e. The number of piperidine rings is 1. The Labute approximate surface area is 155 Å². The van der Waals surface area contributed by atoms with Crippen LogP contribution >= 0.6 is 23.2 Å². The van der Waals surface area contributed by atoms with Crippen molar-refractivity contribution < 1.29 is 14.0 Å². The number of nitrogens with one attached hydrogen (secondary N) is 1. The molecule has 5 nitrogen and oxygen atoms in total. The summed E-state index contributed by atoms with van der Waals surface area (Å²) in [7, 11) is 0. The number of nitrogens with zero attached hydrogens (tertiary/aromatic N) is 1. The average Bonchev–Trinajstić information content (AvgIpc) is 3.16. The molecule has 2 heterocycles. The van der Waals surface area contributed by atoms with Crippen LogP contribution < -0.4 is 5.32 Å². The number of furan rings is 1. The van der Waals surface area contributed by atoms with E-state index in [-0.39, 0.29) is 11.8 Å². The van der Waals surface area contributed by atoms with E-state index in [0.29, 0.717) is 46.7 Å². The van der Waals surface area contributed by atoms with E-state index in [1.807, 2.05) is 4.90 Å². The maximum atomic E-state index is 12.3. The van der Waals surface area contributed by atoms with Gasteiger partial charge >= 0.3 is 0 Å². The van der Waals surface area contributed by atoms with Gasteiger partial charge < -0.3 is 14.6 Å². The molecule has 1 aliphatic heterocycles. The first-order valence-electron chi connectivity index (χ1n) is 8.09. The first-order valence-corrected chi connectivity index (χ1v) is 8.85. The van der Waals surface area contributed by atoms with Crippen LogP contribution in [0, 0.1) is 5.92 Å². The lowest BCUT2D eigenvalue weighted by Gasteiger charge is -2.31. The number of likely N-dealkylation sites (tertiary alicyclic amines) is 1. The van der Waals surface area contributed by atoms with E-state index >= 15 is 0 Å². The first-order chi connectivity index (χ1) is 12.0. The second-order valence-corrected chi connectivity index (χ2v) is 6.93. The fourth-order valence-electron chi connectivity index (χ4n) is 2.91. The van der Waals surface area contributed by atoms with E-state index in [9.17, 15) is 9.59 Å². The van der Waals surface area contributed by atoms with E-state index in [2.05, 4.69) is 5.32 Å². The van der Waals surface area contributed by atoms with E-state index in [0.717, 1.165) is 12.8 Å². The van der Waals surface area contributed by atoms with Crippen molar-refractivity contribution >= 4 is 35.0 Å². The van der Waals surface area contributed by atoms with Gasteiger partial charge in [-0.25, -0.2) is 0 Å². The largest absolute Gasteiger partial charge is 0.472 e. The molecule has 7 heteroatoms. The fraction of sp³-hybridized carbons (Fsp3) is 0.333. The third kappa shape index (κ3) is 4.35. The van der Waals surface area contributed by atoms with E-state index in [1.54, 1.807) is 24.3 Å². The third-order valence-corrected chi connectivity index (χ3v) is 4.96. The van der Waals surface area contributed by atoms with E-state index in [1.165, 1.54) is 12.5 Å². The van der Waals surface area contributed by atoms with Gasteiger partial charge in [0.2, 0.25) is 0 Å². The van der Waals surface area contributed by atoms with Gasteiger partial charge in [-0.15, -0.1) is 0 Å². The molecule has 0 radical (unpaired) electrons. The molecule has 1 saturated heterocycles. The maximum Gasteiger partial charge on any atom is 0.257 e. The highest BCUT2D eigenvalue weighted by atomic mass is 35.5. The van der Waals surface area contributed by atoms with Gasteiger partial charge in [0.15, 0.2) is 0 Å². The highest BCUT2D eigenvalue weighted by molar-refractivity contribution is 6.35. The quantitative estimate of drug-likeness (QED) is 0.875. The molecule has 1 aromatic heterocycles. The lowest BCUT2D eigenvalue weighted by molar-refractivity contribution is 0.0683. The second kappa shape index (κ2) is 7.93. The van der Waals surface area contributed by atoms with Crippen LogP contribution in [-0.2, 0) is 0 Å². The summed E-state index contributed by atoms with van der Waals surface area (Å²) in [5.41, 5.74) is 0.948. The minimum absolute atomic E-state index is 0.0121. The van der Waals surface area contributed by atoms with Crippen molar-refractivity contribution in [2.75, 3.05) is 19.6 Å². The highest BCUT2D eigenvalue weighted by Gasteiger charge is 2.24. The molecule has 1 fully saturated rings. The Bertz CT molecular complexity index is 754. The van der Waals surface area contributed by atoms with Crippen LogP contribution in [0.5, 0.6) is 0 Å². The van der Waals surface area contributed by atoms with Gasteiger partial charge in [0, 0.05) is 24.7 Å². The smallest absolute Gasteiger partial charge is 0.257 e. The fourth-order valence-corrected chi connectivity index (χ4v) is 3.29. The van der Waals surface area contributed by atoms with Crippen molar-refractivity contribution in [1.82, 2.24) is 10.2 Å². The number of rotatable bonds is 4. The van der Waals surface area contributed by atoms with Crippen molar-refractivity contribution in [3.05, 3.63) is 58.0 Å². The second-order valence-electron chi connectivity index (χ2n) is 6.08. The van der Waals surface area contributed by atoms with Crippen LogP contribution in [0.4, 0.5) is 0 Å². The van der Waals surface area contributed by atoms with Gasteiger partial charge in [-0.3, -0.25) is 9.59 Å². The van der Waals surface area contributed by atoms with Crippen LogP contribution in [0.1, 0.15) is 33.6 Å². The Morgan fingerprint density at radius 2 is 1.96 bits per heavy atom. The van der Waals surface area contributed by atoms with Crippen molar-refractivity contribution in [3.63, 3.8) is 0 Å². The summed E-state index contributed by atoms with van der Waals surface area (Å²) in [6, 6.07) is 6.49. The first kappa shape index (κ1) is 17.8. The molecule has 1 aliphatic rings. The molecule has 0 aliphatic carbocycles. The molecule has 1 aromatic carbocycles. The SMILES string of the molecule is O=C(NCC1CCN(C(=O)c2ccoc2)CC1)c1cc(Cl)ccc1Cl. The molecule has 0 saturated carbocycles. The minimum atomic E-state index is -0.232. The number of hydrogen-bond donors (Lipinski definition) is 1. The molecule has 0 atom stereocenters. The molecule has 0 spiro atoms. The van der Waals surface area contributed by atoms with Crippen molar-refractivity contribution in [2.45, 2.75) is 12.8 Å². The van der Waals surface area contributed by atoms with Gasteiger partial charge in [-0.1, -0.05) is 23.2 Å². The summed E-state index contributed by atoms with van der Waals surface area (Å²) in [6.45, 7) is 1.89. The van der Waals surface area contributed by atoms with Gasteiger partial charge in [-0.2, -0.15) is 0 Å². The zero-order chi connectivity index (χ0) is 17.8. The zero-order valence-electron chi connectivity index (χ0n) is 13.5. The summed E-state index contributed by atoms with van der Waals surface area (Å²) in [4.78, 5) is 26.3. The summed E-state index contributed by atoms with van der Waals surface area (Å²) in [6.07, 6.45) is 4.64. The number of benzene rings is 1. The maximum absolute atomic E-state index is 12.3. The molecular weight excluding hydrogens is 363 g/mol. The zero-order valence-corrected chi connectivity index (χ0v) is 15.0. The lowest BCUT2D eigenvalue weighted by Crippen LogP contribution is -2.41. The van der Waals surface area contributed by atoms with Gasteiger partial charge in [0.05, 0.1) is 22.4 Å². The molecule has 25 heavy (non-hydrogen) atoms. The number of hydrogen-bond acceptors (Lipinski definition) is 3. The Morgan fingerprint density at radius 1 is 1.20 bits per heavy atom. The predicted molar refractivity (Wildman–Crippen MR) is 96.1 cm³/mol. The van der Waals surface area contributed by atoms with Crippen LogP contribution in [0.3, 0.4) is 0 Å². The summed E-state index contributed by atoms with van der Waals surface area (Å²) < 4.78 is 4.96. The number of carbonyl (C=O) groups is 2. The molecule has 132 valence electrons. The molecule has 1 N–H and O–H groups in total. The van der Waals surface area contributed by atoms with Crippen molar-refractivity contribution in [2.24, 2.45) is 5.92 Å². The Hall–Kier alpha value is -1.98. The number of carbonyl (C=O) groups excluding carboxylic acids is 2. The normalized spacial score (nSPS) is 15.2. The Morgan fingerprint density at radius 3 is 2.64 bits per heavy atom. The highest BCUT2D eigenvalue weighted by Crippen LogP contribution is 2.22. The average molecular weight is 381 g/mol.